The highest BCUT2D eigenvalue weighted by atomic mass is 19.4. The molecule has 0 radical (unpaired) electrons. The molecule has 2 aliphatic heterocycles. The Kier molecular flexibility index (Phi) is 6.86. The van der Waals surface area contributed by atoms with Gasteiger partial charge in [-0.1, -0.05) is 30.2 Å². The number of ether oxygens (including phenoxy) is 1. The molecule has 1 spiro atoms. The molecule has 3 amide bonds. The van der Waals surface area contributed by atoms with Crippen LogP contribution in [0, 0.1) is 12.3 Å². The Bertz CT molecular complexity index is 1310. The third kappa shape index (κ3) is 5.44. The zero-order chi connectivity index (χ0) is 27.9. The van der Waals surface area contributed by atoms with Gasteiger partial charge in [0.1, 0.15) is 17.5 Å². The van der Waals surface area contributed by atoms with Gasteiger partial charge in [-0.2, -0.15) is 0 Å². The zero-order valence-electron chi connectivity index (χ0n) is 20.6. The summed E-state index contributed by atoms with van der Waals surface area (Å²) >= 11 is 0. The van der Waals surface area contributed by atoms with Crippen LogP contribution in [-0.2, 0) is 15.0 Å². The number of nitrogens with one attached hydrogen (secondary N) is 2. The lowest BCUT2D eigenvalue weighted by molar-refractivity contribution is -0.274. The number of halogens is 4. The van der Waals surface area contributed by atoms with E-state index in [1.54, 1.807) is 24.3 Å². The minimum Gasteiger partial charge on any atom is -0.406 e. The first-order valence-electron chi connectivity index (χ1n) is 11.8. The molecule has 0 aliphatic carbocycles. The van der Waals surface area contributed by atoms with Crippen LogP contribution in [0.3, 0.4) is 0 Å². The van der Waals surface area contributed by atoms with Gasteiger partial charge in [0, 0.05) is 24.2 Å². The smallest absolute Gasteiger partial charge is 0.406 e. The van der Waals surface area contributed by atoms with Gasteiger partial charge in [-0.15, -0.1) is 19.6 Å². The van der Waals surface area contributed by atoms with Crippen molar-refractivity contribution in [2.75, 3.05) is 11.9 Å². The number of hydrogen-bond donors (Lipinski definition) is 2. The van der Waals surface area contributed by atoms with Crippen molar-refractivity contribution in [1.29, 1.82) is 0 Å². The summed E-state index contributed by atoms with van der Waals surface area (Å²) in [6.45, 7) is 2.36. The fourth-order valence-corrected chi connectivity index (χ4v) is 4.98. The Morgan fingerprint density at radius 2 is 1.92 bits per heavy atom. The lowest BCUT2D eigenvalue weighted by Gasteiger charge is -2.30. The minimum absolute atomic E-state index is 0.0858. The molecule has 1 saturated heterocycles. The van der Waals surface area contributed by atoms with Crippen molar-refractivity contribution in [2.24, 2.45) is 0 Å². The van der Waals surface area contributed by atoms with Crippen LogP contribution in [0.2, 0.25) is 0 Å². The topological polar surface area (TPSA) is 87.7 Å². The fraction of sp³-hybridized carbons (Fsp3) is 0.370. The number of hydrogen-bond acceptors (Lipinski definition) is 4. The largest absolute Gasteiger partial charge is 0.573 e. The molecule has 38 heavy (non-hydrogen) atoms. The van der Waals surface area contributed by atoms with Gasteiger partial charge in [-0.05, 0) is 50.1 Å². The summed E-state index contributed by atoms with van der Waals surface area (Å²) in [5.74, 6) is -0.0307. The highest BCUT2D eigenvalue weighted by molar-refractivity contribution is 6.07. The molecule has 0 saturated carbocycles. The van der Waals surface area contributed by atoms with Crippen molar-refractivity contribution in [3.8, 4) is 18.1 Å². The molecule has 3 atom stereocenters. The molecule has 11 heteroatoms. The number of fused-ring (bicyclic) bond motifs is 2. The van der Waals surface area contributed by atoms with Gasteiger partial charge in [-0.25, -0.2) is 4.39 Å². The van der Waals surface area contributed by atoms with E-state index in [0.29, 0.717) is 11.3 Å². The maximum absolute atomic E-state index is 14.8. The average Bonchev–Trinajstić information content (AvgIpc) is 3.34. The first-order chi connectivity index (χ1) is 17.7. The van der Waals surface area contributed by atoms with Crippen LogP contribution in [0.5, 0.6) is 5.75 Å². The summed E-state index contributed by atoms with van der Waals surface area (Å²) in [7, 11) is 0. The highest BCUT2D eigenvalue weighted by Crippen LogP contribution is 2.46. The first kappa shape index (κ1) is 27.0. The number of terminal acetylenes is 1. The van der Waals surface area contributed by atoms with E-state index >= 15 is 0 Å². The normalized spacial score (nSPS) is 21.4. The summed E-state index contributed by atoms with van der Waals surface area (Å²) in [5, 5.41) is 5.24. The van der Waals surface area contributed by atoms with Crippen molar-refractivity contribution in [3.05, 3.63) is 59.7 Å². The summed E-state index contributed by atoms with van der Waals surface area (Å²) < 4.78 is 56.4. The fourth-order valence-electron chi connectivity index (χ4n) is 4.98. The van der Waals surface area contributed by atoms with Gasteiger partial charge in [0.05, 0.1) is 11.5 Å². The number of amides is 3. The van der Waals surface area contributed by atoms with Gasteiger partial charge in [-0.3, -0.25) is 14.4 Å². The van der Waals surface area contributed by atoms with Crippen LogP contribution in [0.1, 0.15) is 42.6 Å². The third-order valence-corrected chi connectivity index (χ3v) is 6.58. The number of para-hydroxylation sites is 1. The average molecular weight is 532 g/mol. The second-order valence-electron chi connectivity index (χ2n) is 9.96. The van der Waals surface area contributed by atoms with E-state index < -0.39 is 53.5 Å². The number of carbonyl (C=O) groups is 3. The molecule has 3 unspecified atom stereocenters. The van der Waals surface area contributed by atoms with Crippen molar-refractivity contribution < 1.29 is 36.7 Å². The SMILES string of the molecule is C#CC1CC2(CN1C(=O)C(CC(C)(C)F)NC(=O)c1cccc(OC(F)(F)F)c1)C(=O)Nc1ccccc12. The second kappa shape index (κ2) is 9.67. The molecular weight excluding hydrogens is 506 g/mol. The molecule has 2 aromatic carbocycles. The third-order valence-electron chi connectivity index (χ3n) is 6.58. The summed E-state index contributed by atoms with van der Waals surface area (Å²) in [6, 6.07) is 9.10. The second-order valence-corrected chi connectivity index (χ2v) is 9.96. The van der Waals surface area contributed by atoms with E-state index in [-0.39, 0.29) is 24.4 Å². The quantitative estimate of drug-likeness (QED) is 0.437. The van der Waals surface area contributed by atoms with Crippen LogP contribution < -0.4 is 15.4 Å². The molecule has 4 rings (SSSR count). The summed E-state index contributed by atoms with van der Waals surface area (Å²) in [4.78, 5) is 41.0. The Labute approximate surface area is 216 Å². The van der Waals surface area contributed by atoms with Crippen LogP contribution in [0.15, 0.2) is 48.5 Å². The highest BCUT2D eigenvalue weighted by Gasteiger charge is 2.56. The number of carbonyl (C=O) groups excluding carboxylic acids is 3. The van der Waals surface area contributed by atoms with E-state index in [1.807, 2.05) is 0 Å². The first-order valence-corrected chi connectivity index (χ1v) is 11.8. The number of anilines is 1. The Morgan fingerprint density at radius 3 is 2.58 bits per heavy atom. The Balaban J connectivity index is 1.61. The molecule has 0 bridgehead atoms. The van der Waals surface area contributed by atoms with Gasteiger partial charge in [0.2, 0.25) is 11.8 Å². The van der Waals surface area contributed by atoms with E-state index in [4.69, 9.17) is 6.42 Å². The zero-order valence-corrected chi connectivity index (χ0v) is 20.6. The van der Waals surface area contributed by atoms with Gasteiger partial charge in [0.25, 0.3) is 5.91 Å². The molecule has 2 N–H and O–H groups in total. The van der Waals surface area contributed by atoms with Crippen LogP contribution in [0.4, 0.5) is 23.2 Å². The maximum atomic E-state index is 14.8. The molecule has 2 aliphatic rings. The van der Waals surface area contributed by atoms with Crippen molar-refractivity contribution >= 4 is 23.4 Å². The van der Waals surface area contributed by atoms with E-state index in [9.17, 15) is 31.9 Å². The molecule has 7 nitrogen and oxygen atoms in total. The van der Waals surface area contributed by atoms with Crippen LogP contribution in [-0.4, -0.2) is 53.3 Å². The lowest BCUT2D eigenvalue weighted by Crippen LogP contribution is -2.52. The summed E-state index contributed by atoms with van der Waals surface area (Å²) in [5.41, 5.74) is -1.94. The van der Waals surface area contributed by atoms with Crippen LogP contribution in [0.25, 0.3) is 0 Å². The van der Waals surface area contributed by atoms with E-state index in [0.717, 1.165) is 12.1 Å². The Morgan fingerprint density at radius 1 is 1.21 bits per heavy atom. The number of benzene rings is 2. The molecule has 1 fully saturated rings. The lowest BCUT2D eigenvalue weighted by atomic mass is 9.79. The van der Waals surface area contributed by atoms with Crippen LogP contribution >= 0.6 is 0 Å². The number of rotatable bonds is 6. The van der Waals surface area contributed by atoms with Gasteiger partial charge in [0.15, 0.2) is 0 Å². The Hall–Kier alpha value is -4.07. The molecule has 2 aromatic rings. The molecule has 2 heterocycles. The van der Waals surface area contributed by atoms with Gasteiger partial charge >= 0.3 is 6.36 Å². The number of alkyl halides is 4. The van der Waals surface area contributed by atoms with Crippen molar-refractivity contribution in [2.45, 2.75) is 56.2 Å². The predicted molar refractivity (Wildman–Crippen MR) is 130 cm³/mol. The van der Waals surface area contributed by atoms with Crippen molar-refractivity contribution in [3.63, 3.8) is 0 Å². The number of nitrogens with zero attached hydrogens (tertiary/aromatic N) is 1. The monoisotopic (exact) mass is 531 g/mol. The predicted octanol–water partition coefficient (Wildman–Crippen LogP) is 3.95. The van der Waals surface area contributed by atoms with E-state index in [1.165, 1.54) is 30.9 Å². The van der Waals surface area contributed by atoms with Crippen molar-refractivity contribution in [1.82, 2.24) is 10.2 Å². The van der Waals surface area contributed by atoms with Gasteiger partial charge < -0.3 is 20.3 Å². The maximum Gasteiger partial charge on any atom is 0.573 e. The molecular formula is C27H25F4N3O4. The van der Waals surface area contributed by atoms with E-state index in [2.05, 4.69) is 21.3 Å². The summed E-state index contributed by atoms with van der Waals surface area (Å²) in [6.07, 6.45) is 0.446. The minimum atomic E-state index is -4.97. The standard InChI is InChI=1S/C27H25F4N3O4/c1-4-17-13-26(19-10-5-6-11-20(19)33-24(26)37)15-34(17)23(36)21(14-25(2,3)28)32-22(35)16-8-7-9-18(12-16)38-27(29,30)31/h1,5-12,17,21H,13-15H2,2-3H3,(H,32,35)(H,33,37). The molecule has 200 valence electrons. The number of likely N-dealkylation sites (tertiary alicyclic amines) is 1. The molecule has 0 aromatic heterocycles.